The van der Waals surface area contributed by atoms with Crippen molar-refractivity contribution in [3.05, 3.63) is 54.0 Å². The number of benzene rings is 1. The van der Waals surface area contributed by atoms with E-state index in [0.717, 1.165) is 18.2 Å². The third-order valence-corrected chi connectivity index (χ3v) is 2.03. The molecule has 0 aliphatic rings. The van der Waals surface area contributed by atoms with Crippen LogP contribution < -0.4 is 4.74 Å². The molecule has 1 aromatic carbocycles. The summed E-state index contributed by atoms with van der Waals surface area (Å²) in [5, 5.41) is 8.91. The number of carboxylic acid groups (broad SMARTS) is 1. The lowest BCUT2D eigenvalue weighted by molar-refractivity contribution is 0.0694. The highest BCUT2D eigenvalue weighted by atomic mass is 19.1. The molecular weight excluding hydrogens is 225 g/mol. The number of pyridine rings is 1. The minimum Gasteiger partial charge on any atom is -0.478 e. The second kappa shape index (κ2) is 4.61. The fourth-order valence-electron chi connectivity index (χ4n) is 1.28. The minimum atomic E-state index is -1.18. The van der Waals surface area contributed by atoms with Crippen LogP contribution in [0, 0.1) is 5.82 Å². The molecule has 5 heteroatoms. The molecule has 2 aromatic rings. The molecule has 86 valence electrons. The maximum Gasteiger partial charge on any atom is 0.339 e. The number of carbonyl (C=O) groups is 1. The number of hydrogen-bond donors (Lipinski definition) is 1. The van der Waals surface area contributed by atoms with Gasteiger partial charge in [0.1, 0.15) is 17.1 Å². The van der Waals surface area contributed by atoms with E-state index in [1.54, 1.807) is 18.2 Å². The minimum absolute atomic E-state index is 0.0730. The normalized spacial score (nSPS) is 9.94. The molecule has 1 N–H and O–H groups in total. The smallest absolute Gasteiger partial charge is 0.339 e. The topological polar surface area (TPSA) is 59.4 Å². The van der Waals surface area contributed by atoms with Gasteiger partial charge in [-0.15, -0.1) is 0 Å². The van der Waals surface area contributed by atoms with Crippen LogP contribution in [0.25, 0.3) is 0 Å². The van der Waals surface area contributed by atoms with Crippen LogP contribution in [0.15, 0.2) is 42.6 Å². The van der Waals surface area contributed by atoms with Crippen molar-refractivity contribution in [2.45, 2.75) is 0 Å². The number of hydrogen-bond acceptors (Lipinski definition) is 3. The van der Waals surface area contributed by atoms with Crippen LogP contribution in [0.3, 0.4) is 0 Å². The Morgan fingerprint density at radius 3 is 2.76 bits per heavy atom. The number of aromatic carboxylic acids is 1. The maximum absolute atomic E-state index is 13.0. The Bertz CT molecular complexity index is 543. The standard InChI is InChI=1S/C12H8FNO3/c13-8-4-5-9(12(15)16)10(7-8)17-11-3-1-2-6-14-11/h1-7H,(H,15,16). The molecule has 0 bridgehead atoms. The van der Waals surface area contributed by atoms with Crippen molar-refractivity contribution in [2.75, 3.05) is 0 Å². The highest BCUT2D eigenvalue weighted by Crippen LogP contribution is 2.24. The zero-order valence-electron chi connectivity index (χ0n) is 8.63. The summed E-state index contributed by atoms with van der Waals surface area (Å²) in [5.74, 6) is -1.62. The molecule has 0 aliphatic heterocycles. The number of nitrogens with zero attached hydrogens (tertiary/aromatic N) is 1. The molecular formula is C12H8FNO3. The molecule has 2 rings (SSSR count). The summed E-state index contributed by atoms with van der Waals surface area (Å²) in [6.07, 6.45) is 1.50. The Kier molecular flexibility index (Phi) is 3.00. The Morgan fingerprint density at radius 1 is 1.29 bits per heavy atom. The lowest BCUT2D eigenvalue weighted by atomic mass is 10.2. The largest absolute Gasteiger partial charge is 0.478 e. The maximum atomic E-state index is 13.0. The van der Waals surface area contributed by atoms with Crippen LogP contribution in [0.5, 0.6) is 11.6 Å². The van der Waals surface area contributed by atoms with E-state index in [9.17, 15) is 9.18 Å². The first-order valence-electron chi connectivity index (χ1n) is 4.78. The zero-order chi connectivity index (χ0) is 12.3. The Morgan fingerprint density at radius 2 is 2.12 bits per heavy atom. The molecule has 4 nitrogen and oxygen atoms in total. The van der Waals surface area contributed by atoms with Gasteiger partial charge >= 0.3 is 5.97 Å². The first kappa shape index (κ1) is 11.1. The summed E-state index contributed by atoms with van der Waals surface area (Å²) in [5.41, 5.74) is -0.114. The average molecular weight is 233 g/mol. The molecule has 1 aromatic heterocycles. The van der Waals surface area contributed by atoms with Crippen molar-refractivity contribution in [3.63, 3.8) is 0 Å². The van der Waals surface area contributed by atoms with Crippen LogP contribution in [-0.4, -0.2) is 16.1 Å². The van der Waals surface area contributed by atoms with E-state index in [4.69, 9.17) is 9.84 Å². The van der Waals surface area contributed by atoms with E-state index in [2.05, 4.69) is 4.98 Å². The second-order valence-electron chi connectivity index (χ2n) is 3.22. The van der Waals surface area contributed by atoms with Crippen molar-refractivity contribution in [2.24, 2.45) is 0 Å². The van der Waals surface area contributed by atoms with Gasteiger partial charge < -0.3 is 9.84 Å². The van der Waals surface area contributed by atoms with Gasteiger partial charge in [0.05, 0.1) is 0 Å². The summed E-state index contributed by atoms with van der Waals surface area (Å²) in [6.45, 7) is 0. The molecule has 0 saturated heterocycles. The van der Waals surface area contributed by atoms with Gasteiger partial charge in [0.2, 0.25) is 5.88 Å². The Balaban J connectivity index is 2.37. The number of aromatic nitrogens is 1. The highest BCUT2D eigenvalue weighted by Gasteiger charge is 2.13. The molecule has 0 radical (unpaired) electrons. The SMILES string of the molecule is O=C(O)c1ccc(F)cc1Oc1ccccn1. The van der Waals surface area contributed by atoms with Gasteiger partial charge in [0.25, 0.3) is 0 Å². The van der Waals surface area contributed by atoms with Crippen LogP contribution in [0.2, 0.25) is 0 Å². The van der Waals surface area contributed by atoms with E-state index in [1.807, 2.05) is 0 Å². The number of halogens is 1. The quantitative estimate of drug-likeness (QED) is 0.885. The average Bonchev–Trinajstić information content (AvgIpc) is 2.30. The Hall–Kier alpha value is -2.43. The molecule has 0 aliphatic carbocycles. The Labute approximate surface area is 96.3 Å². The summed E-state index contributed by atoms with van der Waals surface area (Å²) in [4.78, 5) is 14.8. The van der Waals surface area contributed by atoms with Crippen LogP contribution in [0.4, 0.5) is 4.39 Å². The third-order valence-electron chi connectivity index (χ3n) is 2.03. The van der Waals surface area contributed by atoms with Gasteiger partial charge in [0, 0.05) is 18.3 Å². The second-order valence-corrected chi connectivity index (χ2v) is 3.22. The fourth-order valence-corrected chi connectivity index (χ4v) is 1.28. The van der Waals surface area contributed by atoms with Gasteiger partial charge in [-0.2, -0.15) is 0 Å². The van der Waals surface area contributed by atoms with Crippen molar-refractivity contribution in [1.82, 2.24) is 4.98 Å². The van der Waals surface area contributed by atoms with E-state index in [1.165, 1.54) is 6.20 Å². The van der Waals surface area contributed by atoms with Gasteiger partial charge in [-0.3, -0.25) is 0 Å². The highest BCUT2D eigenvalue weighted by molar-refractivity contribution is 5.90. The monoisotopic (exact) mass is 233 g/mol. The predicted molar refractivity (Wildman–Crippen MR) is 57.7 cm³/mol. The first-order valence-corrected chi connectivity index (χ1v) is 4.78. The zero-order valence-corrected chi connectivity index (χ0v) is 8.63. The van der Waals surface area contributed by atoms with Crippen molar-refractivity contribution in [3.8, 4) is 11.6 Å². The van der Waals surface area contributed by atoms with Crippen LogP contribution in [-0.2, 0) is 0 Å². The van der Waals surface area contributed by atoms with Gasteiger partial charge in [0.15, 0.2) is 0 Å². The molecule has 0 amide bonds. The van der Waals surface area contributed by atoms with E-state index >= 15 is 0 Å². The van der Waals surface area contributed by atoms with Crippen LogP contribution >= 0.6 is 0 Å². The van der Waals surface area contributed by atoms with E-state index in [-0.39, 0.29) is 17.2 Å². The molecule has 0 unspecified atom stereocenters. The lowest BCUT2D eigenvalue weighted by Crippen LogP contribution is -2.01. The van der Waals surface area contributed by atoms with E-state index < -0.39 is 11.8 Å². The fraction of sp³-hybridized carbons (Fsp3) is 0. The molecule has 17 heavy (non-hydrogen) atoms. The molecule has 0 saturated carbocycles. The molecule has 1 heterocycles. The summed E-state index contributed by atoms with van der Waals surface area (Å²) >= 11 is 0. The molecule has 0 fully saturated rings. The van der Waals surface area contributed by atoms with E-state index in [0.29, 0.717) is 0 Å². The molecule has 0 spiro atoms. The van der Waals surface area contributed by atoms with Crippen molar-refractivity contribution < 1.29 is 19.0 Å². The number of rotatable bonds is 3. The summed E-state index contributed by atoms with van der Waals surface area (Å²) in [7, 11) is 0. The van der Waals surface area contributed by atoms with Gasteiger partial charge in [-0.05, 0) is 18.2 Å². The van der Waals surface area contributed by atoms with Gasteiger partial charge in [-0.1, -0.05) is 6.07 Å². The first-order chi connectivity index (χ1) is 8.16. The van der Waals surface area contributed by atoms with Crippen molar-refractivity contribution >= 4 is 5.97 Å². The third kappa shape index (κ3) is 2.57. The van der Waals surface area contributed by atoms with Gasteiger partial charge in [-0.25, -0.2) is 14.2 Å². The lowest BCUT2D eigenvalue weighted by Gasteiger charge is -2.07. The summed E-state index contributed by atoms with van der Waals surface area (Å²) in [6, 6.07) is 8.15. The van der Waals surface area contributed by atoms with Crippen LogP contribution in [0.1, 0.15) is 10.4 Å². The summed E-state index contributed by atoms with van der Waals surface area (Å²) < 4.78 is 18.2. The molecule has 0 atom stereocenters. The predicted octanol–water partition coefficient (Wildman–Crippen LogP) is 2.71. The number of ether oxygens (including phenoxy) is 1. The van der Waals surface area contributed by atoms with Crippen molar-refractivity contribution in [1.29, 1.82) is 0 Å². The number of carboxylic acids is 1.